The largest absolute Gasteiger partial charge is 0.389 e. The number of ether oxygens (including phenoxy) is 1. The Morgan fingerprint density at radius 1 is 1.21 bits per heavy atom. The van der Waals surface area contributed by atoms with Crippen LogP contribution in [0.1, 0.15) is 16.8 Å². The molecule has 2 amide bonds. The number of hydrogen-bond donors (Lipinski definition) is 2. The third-order valence-corrected chi connectivity index (χ3v) is 4.80. The van der Waals surface area contributed by atoms with Gasteiger partial charge in [-0.05, 0) is 41.8 Å². The first-order valence-electron chi connectivity index (χ1n) is 9.09. The third-order valence-electron chi connectivity index (χ3n) is 4.80. The van der Waals surface area contributed by atoms with Crippen molar-refractivity contribution in [1.82, 2.24) is 10.2 Å². The van der Waals surface area contributed by atoms with Crippen LogP contribution < -0.4 is 5.32 Å². The number of likely N-dealkylation sites (tertiary alicyclic amines) is 1. The number of amides is 2. The Kier molecular flexibility index (Phi) is 6.38. The monoisotopic (exact) mass is 386 g/mol. The number of halogens is 1. The van der Waals surface area contributed by atoms with E-state index in [4.69, 9.17) is 4.74 Å². The minimum absolute atomic E-state index is 0.0311. The zero-order chi connectivity index (χ0) is 20.1. The maximum Gasteiger partial charge on any atom is 0.251 e. The molecule has 0 unspecified atom stereocenters. The Morgan fingerprint density at radius 3 is 2.61 bits per heavy atom. The van der Waals surface area contributed by atoms with Gasteiger partial charge in [0.1, 0.15) is 12.4 Å². The number of methoxy groups -OCH3 is 1. The second kappa shape index (κ2) is 8.95. The number of nitrogens with one attached hydrogen (secondary N) is 1. The Labute approximate surface area is 162 Å². The Bertz CT molecular complexity index is 858. The summed E-state index contributed by atoms with van der Waals surface area (Å²) < 4.78 is 18.3. The van der Waals surface area contributed by atoms with Gasteiger partial charge >= 0.3 is 0 Å². The molecular weight excluding hydrogens is 363 g/mol. The van der Waals surface area contributed by atoms with Gasteiger partial charge in [-0.3, -0.25) is 9.59 Å². The SMILES string of the molecule is COCC(=O)N1CC[C@@H](NC(=O)c2cccc(-c3cccc(F)c3)c2)[C@H](O)C1. The lowest BCUT2D eigenvalue weighted by atomic mass is 10.00. The molecule has 0 bridgehead atoms. The van der Waals surface area contributed by atoms with Gasteiger partial charge in [-0.15, -0.1) is 0 Å². The molecule has 2 atom stereocenters. The molecule has 6 nitrogen and oxygen atoms in total. The molecule has 3 rings (SSSR count). The summed E-state index contributed by atoms with van der Waals surface area (Å²) in [6, 6.07) is 12.6. The molecule has 1 heterocycles. The summed E-state index contributed by atoms with van der Waals surface area (Å²) in [5, 5.41) is 13.2. The van der Waals surface area contributed by atoms with Crippen LogP contribution in [-0.4, -0.2) is 60.8 Å². The van der Waals surface area contributed by atoms with E-state index in [1.54, 1.807) is 36.4 Å². The molecule has 28 heavy (non-hydrogen) atoms. The van der Waals surface area contributed by atoms with Crippen molar-refractivity contribution in [3.63, 3.8) is 0 Å². The molecular formula is C21H23FN2O4. The highest BCUT2D eigenvalue weighted by Crippen LogP contribution is 2.21. The van der Waals surface area contributed by atoms with E-state index in [0.717, 1.165) is 5.56 Å². The Hall–Kier alpha value is -2.77. The average molecular weight is 386 g/mol. The Balaban J connectivity index is 1.65. The van der Waals surface area contributed by atoms with Gasteiger partial charge in [0.05, 0.1) is 12.1 Å². The Morgan fingerprint density at radius 2 is 1.93 bits per heavy atom. The fourth-order valence-corrected chi connectivity index (χ4v) is 3.30. The molecule has 1 fully saturated rings. The van der Waals surface area contributed by atoms with Crippen molar-refractivity contribution in [3.8, 4) is 11.1 Å². The summed E-state index contributed by atoms with van der Waals surface area (Å²) in [5.41, 5.74) is 1.83. The van der Waals surface area contributed by atoms with Crippen LogP contribution in [-0.2, 0) is 9.53 Å². The normalized spacial score (nSPS) is 19.3. The van der Waals surface area contributed by atoms with Crippen LogP contribution in [0.3, 0.4) is 0 Å². The number of carbonyl (C=O) groups excluding carboxylic acids is 2. The van der Waals surface area contributed by atoms with Crippen molar-refractivity contribution < 1.29 is 23.8 Å². The van der Waals surface area contributed by atoms with Crippen LogP contribution >= 0.6 is 0 Å². The van der Waals surface area contributed by atoms with Crippen molar-refractivity contribution in [2.45, 2.75) is 18.6 Å². The molecule has 0 aromatic heterocycles. The first-order valence-corrected chi connectivity index (χ1v) is 9.09. The molecule has 1 aliphatic rings. The van der Waals surface area contributed by atoms with Crippen molar-refractivity contribution in [2.75, 3.05) is 26.8 Å². The minimum Gasteiger partial charge on any atom is -0.389 e. The van der Waals surface area contributed by atoms with Gasteiger partial charge in [0.2, 0.25) is 5.91 Å². The molecule has 2 N–H and O–H groups in total. The topological polar surface area (TPSA) is 78.9 Å². The van der Waals surface area contributed by atoms with Crippen LogP contribution in [0.5, 0.6) is 0 Å². The summed E-state index contributed by atoms with van der Waals surface area (Å²) >= 11 is 0. The number of hydrogen-bond acceptors (Lipinski definition) is 4. The number of β-amino-alcohol motifs (C(OH)–C–C–N with tert-alkyl or cyclic N) is 1. The predicted octanol–water partition coefficient (Wildman–Crippen LogP) is 1.83. The first-order chi connectivity index (χ1) is 13.5. The van der Waals surface area contributed by atoms with E-state index >= 15 is 0 Å². The highest BCUT2D eigenvalue weighted by atomic mass is 19.1. The summed E-state index contributed by atoms with van der Waals surface area (Å²) in [4.78, 5) is 26.0. The zero-order valence-electron chi connectivity index (χ0n) is 15.6. The van der Waals surface area contributed by atoms with E-state index in [-0.39, 0.29) is 30.8 Å². The van der Waals surface area contributed by atoms with Crippen LogP contribution in [0.15, 0.2) is 48.5 Å². The summed E-state index contributed by atoms with van der Waals surface area (Å²) in [6.45, 7) is 0.556. The van der Waals surface area contributed by atoms with E-state index < -0.39 is 12.1 Å². The second-order valence-electron chi connectivity index (χ2n) is 6.80. The number of aliphatic hydroxyl groups is 1. The standard InChI is InChI=1S/C21H23FN2O4/c1-28-13-20(26)24-9-8-18(19(25)12-24)23-21(27)16-6-2-4-14(10-16)15-5-3-7-17(22)11-15/h2-7,10-11,18-19,25H,8-9,12-13H2,1H3,(H,23,27)/t18-,19-/m1/s1. The van der Waals surface area contributed by atoms with E-state index in [2.05, 4.69) is 5.32 Å². The lowest BCUT2D eigenvalue weighted by Crippen LogP contribution is -2.55. The molecule has 2 aromatic carbocycles. The number of nitrogens with zero attached hydrogens (tertiary/aromatic N) is 1. The maximum absolute atomic E-state index is 13.5. The van der Waals surface area contributed by atoms with E-state index in [1.807, 2.05) is 0 Å². The average Bonchev–Trinajstić information content (AvgIpc) is 2.69. The number of rotatable bonds is 5. The molecule has 1 aliphatic heterocycles. The number of benzene rings is 2. The van der Waals surface area contributed by atoms with Crippen molar-refractivity contribution in [3.05, 3.63) is 59.9 Å². The highest BCUT2D eigenvalue weighted by Gasteiger charge is 2.31. The minimum atomic E-state index is -0.857. The quantitative estimate of drug-likeness (QED) is 0.822. The fraction of sp³-hybridized carbons (Fsp3) is 0.333. The molecule has 0 radical (unpaired) electrons. The van der Waals surface area contributed by atoms with E-state index in [9.17, 15) is 19.1 Å². The molecule has 0 spiro atoms. The molecule has 2 aromatic rings. The number of piperidine rings is 1. The fourth-order valence-electron chi connectivity index (χ4n) is 3.30. The van der Waals surface area contributed by atoms with Gasteiger partial charge in [0.25, 0.3) is 5.91 Å². The van der Waals surface area contributed by atoms with E-state index in [1.165, 1.54) is 24.1 Å². The van der Waals surface area contributed by atoms with Crippen LogP contribution in [0.4, 0.5) is 4.39 Å². The van der Waals surface area contributed by atoms with Crippen LogP contribution in [0, 0.1) is 5.82 Å². The molecule has 1 saturated heterocycles. The summed E-state index contributed by atoms with van der Waals surface area (Å²) in [5.74, 6) is -0.849. The van der Waals surface area contributed by atoms with Gasteiger partial charge in [-0.2, -0.15) is 0 Å². The number of aliphatic hydroxyl groups excluding tert-OH is 1. The molecule has 0 aliphatic carbocycles. The lowest BCUT2D eigenvalue weighted by molar-refractivity contribution is -0.138. The molecule has 148 valence electrons. The van der Waals surface area contributed by atoms with Crippen LogP contribution in [0.25, 0.3) is 11.1 Å². The molecule has 0 saturated carbocycles. The van der Waals surface area contributed by atoms with Gasteiger partial charge in [0.15, 0.2) is 0 Å². The second-order valence-corrected chi connectivity index (χ2v) is 6.80. The predicted molar refractivity (Wildman–Crippen MR) is 102 cm³/mol. The first kappa shape index (κ1) is 20.0. The van der Waals surface area contributed by atoms with Crippen LogP contribution in [0.2, 0.25) is 0 Å². The van der Waals surface area contributed by atoms with Gasteiger partial charge in [-0.25, -0.2) is 4.39 Å². The third kappa shape index (κ3) is 4.74. The van der Waals surface area contributed by atoms with Gasteiger partial charge in [-0.1, -0.05) is 24.3 Å². The van der Waals surface area contributed by atoms with Crippen molar-refractivity contribution in [2.24, 2.45) is 0 Å². The maximum atomic E-state index is 13.5. The van der Waals surface area contributed by atoms with Gasteiger partial charge in [0, 0.05) is 25.8 Å². The summed E-state index contributed by atoms with van der Waals surface area (Å²) in [6.07, 6.45) is -0.406. The van der Waals surface area contributed by atoms with Crippen molar-refractivity contribution in [1.29, 1.82) is 0 Å². The smallest absolute Gasteiger partial charge is 0.251 e. The summed E-state index contributed by atoms with van der Waals surface area (Å²) in [7, 11) is 1.44. The number of carbonyl (C=O) groups is 2. The lowest BCUT2D eigenvalue weighted by Gasteiger charge is -2.36. The zero-order valence-corrected chi connectivity index (χ0v) is 15.6. The van der Waals surface area contributed by atoms with Crippen molar-refractivity contribution >= 4 is 11.8 Å². The highest BCUT2D eigenvalue weighted by molar-refractivity contribution is 5.95. The van der Waals surface area contributed by atoms with Gasteiger partial charge < -0.3 is 20.1 Å². The van der Waals surface area contributed by atoms with E-state index in [0.29, 0.717) is 24.1 Å². The molecule has 7 heteroatoms.